The molecule has 2 aromatic rings. The molecule has 23 heavy (non-hydrogen) atoms. The molecule has 4 heteroatoms. The zero-order valence-corrected chi connectivity index (χ0v) is 12.9. The molecule has 2 rings (SSSR count). The first-order valence-corrected chi connectivity index (χ1v) is 7.40. The Bertz CT molecular complexity index is 690. The fourth-order valence-corrected chi connectivity index (χ4v) is 2.31. The average molecular weight is 309 g/mol. The van der Waals surface area contributed by atoms with Gasteiger partial charge in [-0.3, -0.25) is 14.8 Å². The summed E-state index contributed by atoms with van der Waals surface area (Å²) in [5.74, 6) is -0.538. The zero-order valence-electron chi connectivity index (χ0n) is 12.9. The molecule has 0 aliphatic rings. The fourth-order valence-electron chi connectivity index (χ4n) is 2.31. The quantitative estimate of drug-likeness (QED) is 0.372. The van der Waals surface area contributed by atoms with Crippen LogP contribution in [0.1, 0.15) is 28.4 Å². The summed E-state index contributed by atoms with van der Waals surface area (Å²) in [6.07, 6.45) is 3.51. The molecule has 0 fully saturated rings. The first-order valence-electron chi connectivity index (χ1n) is 7.40. The van der Waals surface area contributed by atoms with Gasteiger partial charge in [0.05, 0.1) is 0 Å². The lowest BCUT2D eigenvalue weighted by Gasteiger charge is -2.11. The molecule has 0 aliphatic heterocycles. The number of hydrogen-bond donors (Lipinski definition) is 2. The summed E-state index contributed by atoms with van der Waals surface area (Å²) in [5, 5.41) is 8.42. The Morgan fingerprint density at radius 1 is 1.09 bits per heavy atom. The molecule has 118 valence electrons. The van der Waals surface area contributed by atoms with Crippen LogP contribution >= 0.6 is 0 Å². The molecule has 1 atom stereocenters. The summed E-state index contributed by atoms with van der Waals surface area (Å²) in [5.41, 5.74) is 4.18. The van der Waals surface area contributed by atoms with Crippen molar-refractivity contribution < 1.29 is 14.8 Å². The normalized spacial score (nSPS) is 12.1. The van der Waals surface area contributed by atoms with Gasteiger partial charge in [-0.2, -0.15) is 0 Å². The summed E-state index contributed by atoms with van der Waals surface area (Å²) in [7, 11) is 0. The number of hydroxylamine groups is 1. The van der Waals surface area contributed by atoms with Gasteiger partial charge in [-0.15, -0.1) is 0 Å². The molecular weight excluding hydrogens is 290 g/mol. The molecular formula is C19H19NO3. The molecule has 0 saturated carbocycles. The number of carbonyl (C=O) groups excluding carboxylic acids is 2. The van der Waals surface area contributed by atoms with E-state index < -0.39 is 5.91 Å². The summed E-state index contributed by atoms with van der Waals surface area (Å²) in [6.45, 7) is 1.93. The van der Waals surface area contributed by atoms with Crippen molar-refractivity contribution in [1.82, 2.24) is 5.48 Å². The standard InChI is InChI=1S/C19H19NO3/c1-14(19(22)17-5-3-2-4-6-17)13-16-9-7-15(8-10-16)11-12-18(21)20-23/h2-12,14,23H,13H2,1H3,(H,20,21)/b12-11+. The molecule has 0 radical (unpaired) electrons. The topological polar surface area (TPSA) is 66.4 Å². The van der Waals surface area contributed by atoms with E-state index in [0.717, 1.165) is 16.7 Å². The first-order chi connectivity index (χ1) is 11.1. The predicted molar refractivity (Wildman–Crippen MR) is 89.0 cm³/mol. The molecule has 1 amide bonds. The summed E-state index contributed by atoms with van der Waals surface area (Å²) in [4.78, 5) is 23.3. The van der Waals surface area contributed by atoms with Crippen LogP contribution in [0.4, 0.5) is 0 Å². The van der Waals surface area contributed by atoms with E-state index in [1.54, 1.807) is 6.08 Å². The number of nitrogens with one attached hydrogen (secondary N) is 1. The van der Waals surface area contributed by atoms with Gasteiger partial charge in [-0.1, -0.05) is 61.5 Å². The van der Waals surface area contributed by atoms with Crippen LogP contribution in [0.25, 0.3) is 6.08 Å². The average Bonchev–Trinajstić information content (AvgIpc) is 2.60. The molecule has 2 aromatic carbocycles. The van der Waals surface area contributed by atoms with E-state index in [1.165, 1.54) is 11.6 Å². The summed E-state index contributed by atoms with van der Waals surface area (Å²) < 4.78 is 0. The lowest BCUT2D eigenvalue weighted by molar-refractivity contribution is -0.124. The van der Waals surface area contributed by atoms with E-state index in [1.807, 2.05) is 61.5 Å². The van der Waals surface area contributed by atoms with E-state index in [0.29, 0.717) is 6.42 Å². The molecule has 0 spiro atoms. The fraction of sp³-hybridized carbons (Fsp3) is 0.158. The Labute approximate surface area is 135 Å². The molecule has 0 heterocycles. The van der Waals surface area contributed by atoms with Gasteiger partial charge in [-0.25, -0.2) is 5.48 Å². The van der Waals surface area contributed by atoms with Crippen molar-refractivity contribution in [2.24, 2.45) is 5.92 Å². The van der Waals surface area contributed by atoms with Crippen molar-refractivity contribution in [2.45, 2.75) is 13.3 Å². The van der Waals surface area contributed by atoms with Gasteiger partial charge in [0.25, 0.3) is 5.91 Å². The van der Waals surface area contributed by atoms with Crippen molar-refractivity contribution in [3.05, 3.63) is 77.4 Å². The summed E-state index contributed by atoms with van der Waals surface area (Å²) >= 11 is 0. The molecule has 1 unspecified atom stereocenters. The van der Waals surface area contributed by atoms with E-state index in [2.05, 4.69) is 0 Å². The van der Waals surface area contributed by atoms with Gasteiger partial charge >= 0.3 is 0 Å². The molecule has 4 nitrogen and oxygen atoms in total. The second-order valence-corrected chi connectivity index (χ2v) is 5.39. The van der Waals surface area contributed by atoms with Crippen LogP contribution in [0.3, 0.4) is 0 Å². The molecule has 0 saturated heterocycles. The van der Waals surface area contributed by atoms with Crippen LogP contribution in [0.15, 0.2) is 60.7 Å². The molecule has 2 N–H and O–H groups in total. The van der Waals surface area contributed by atoms with Crippen LogP contribution in [0.5, 0.6) is 0 Å². The third kappa shape index (κ3) is 4.90. The van der Waals surface area contributed by atoms with E-state index >= 15 is 0 Å². The number of Topliss-reactive ketones (excluding diaryl/α,β-unsaturated/α-hetero) is 1. The van der Waals surface area contributed by atoms with Crippen molar-refractivity contribution in [3.8, 4) is 0 Å². The maximum Gasteiger partial charge on any atom is 0.267 e. The van der Waals surface area contributed by atoms with Gasteiger partial charge < -0.3 is 0 Å². The Morgan fingerprint density at radius 2 is 1.74 bits per heavy atom. The van der Waals surface area contributed by atoms with Crippen LogP contribution in [-0.4, -0.2) is 16.9 Å². The SMILES string of the molecule is CC(Cc1ccc(/C=C/C(=O)NO)cc1)C(=O)c1ccccc1. The third-order valence-electron chi connectivity index (χ3n) is 3.56. The Hall–Kier alpha value is -2.72. The first kappa shape index (κ1) is 16.6. The van der Waals surface area contributed by atoms with E-state index in [9.17, 15) is 9.59 Å². The Kier molecular flexibility index (Phi) is 5.83. The highest BCUT2D eigenvalue weighted by atomic mass is 16.5. The Balaban J connectivity index is 1.99. The Morgan fingerprint density at radius 3 is 2.35 bits per heavy atom. The third-order valence-corrected chi connectivity index (χ3v) is 3.56. The van der Waals surface area contributed by atoms with Crippen molar-refractivity contribution >= 4 is 17.8 Å². The minimum absolute atomic E-state index is 0.0982. The lowest BCUT2D eigenvalue weighted by Crippen LogP contribution is -2.14. The maximum absolute atomic E-state index is 12.3. The monoisotopic (exact) mass is 309 g/mol. The summed E-state index contributed by atoms with van der Waals surface area (Å²) in [6, 6.07) is 16.9. The van der Waals surface area contributed by atoms with Crippen molar-refractivity contribution in [2.75, 3.05) is 0 Å². The number of amides is 1. The minimum Gasteiger partial charge on any atom is -0.294 e. The van der Waals surface area contributed by atoms with Crippen molar-refractivity contribution in [1.29, 1.82) is 0 Å². The highest BCUT2D eigenvalue weighted by Crippen LogP contribution is 2.15. The number of benzene rings is 2. The molecule has 0 aliphatic carbocycles. The number of carbonyl (C=O) groups is 2. The lowest BCUT2D eigenvalue weighted by atomic mass is 9.92. The van der Waals surface area contributed by atoms with Crippen LogP contribution < -0.4 is 5.48 Å². The van der Waals surface area contributed by atoms with Gasteiger partial charge in [0.2, 0.25) is 0 Å². The highest BCUT2D eigenvalue weighted by Gasteiger charge is 2.15. The van der Waals surface area contributed by atoms with Crippen LogP contribution in [0.2, 0.25) is 0 Å². The van der Waals surface area contributed by atoms with Gasteiger partial charge in [0.15, 0.2) is 5.78 Å². The molecule has 0 aromatic heterocycles. The predicted octanol–water partition coefficient (Wildman–Crippen LogP) is 3.27. The smallest absolute Gasteiger partial charge is 0.267 e. The van der Waals surface area contributed by atoms with Gasteiger partial charge in [-0.05, 0) is 23.6 Å². The molecule has 0 bridgehead atoms. The van der Waals surface area contributed by atoms with Crippen LogP contribution in [0, 0.1) is 5.92 Å². The highest BCUT2D eigenvalue weighted by molar-refractivity contribution is 5.97. The largest absolute Gasteiger partial charge is 0.294 e. The second kappa shape index (κ2) is 8.06. The van der Waals surface area contributed by atoms with Gasteiger partial charge in [0.1, 0.15) is 0 Å². The second-order valence-electron chi connectivity index (χ2n) is 5.39. The van der Waals surface area contributed by atoms with E-state index in [-0.39, 0.29) is 11.7 Å². The number of hydrogen-bond acceptors (Lipinski definition) is 3. The van der Waals surface area contributed by atoms with Gasteiger partial charge in [0, 0.05) is 17.6 Å². The minimum atomic E-state index is -0.573. The number of ketones is 1. The maximum atomic E-state index is 12.3. The van der Waals surface area contributed by atoms with E-state index in [4.69, 9.17) is 5.21 Å². The number of rotatable bonds is 6. The zero-order chi connectivity index (χ0) is 16.7. The van der Waals surface area contributed by atoms with Crippen molar-refractivity contribution in [3.63, 3.8) is 0 Å². The van der Waals surface area contributed by atoms with Crippen LogP contribution in [-0.2, 0) is 11.2 Å².